The highest BCUT2D eigenvalue weighted by molar-refractivity contribution is 14.1. The van der Waals surface area contributed by atoms with Crippen LogP contribution in [0.25, 0.3) is 17.3 Å². The largest absolute Gasteiger partial charge is 0.381 e. The Labute approximate surface area is 207 Å². The van der Waals surface area contributed by atoms with Crippen LogP contribution in [0.1, 0.15) is 32.7 Å². The van der Waals surface area contributed by atoms with Gasteiger partial charge in [0.15, 0.2) is 16.9 Å². The number of nitrogens with zero attached hydrogens (tertiary/aromatic N) is 3. The fourth-order valence-corrected chi connectivity index (χ4v) is 4.08. The third-order valence-electron chi connectivity index (χ3n) is 5.33. The van der Waals surface area contributed by atoms with Crippen molar-refractivity contribution in [2.24, 2.45) is 0 Å². The second-order valence-electron chi connectivity index (χ2n) is 8.14. The lowest BCUT2D eigenvalue weighted by molar-refractivity contribution is -0.114. The van der Waals surface area contributed by atoms with E-state index in [1.54, 1.807) is 36.9 Å². The van der Waals surface area contributed by atoms with Gasteiger partial charge in [0.2, 0.25) is 11.3 Å². The highest BCUT2D eigenvalue weighted by atomic mass is 127. The van der Waals surface area contributed by atoms with Crippen LogP contribution in [-0.4, -0.2) is 27.7 Å². The second kappa shape index (κ2) is 8.78. The van der Waals surface area contributed by atoms with Gasteiger partial charge < -0.3 is 20.0 Å². The maximum absolute atomic E-state index is 14.7. The molecule has 11 heteroatoms. The van der Waals surface area contributed by atoms with Crippen molar-refractivity contribution in [1.82, 2.24) is 14.7 Å². The van der Waals surface area contributed by atoms with Crippen LogP contribution in [0.4, 0.5) is 15.8 Å². The Morgan fingerprint density at radius 1 is 1.21 bits per heavy atom. The molecule has 2 heterocycles. The Morgan fingerprint density at radius 2 is 2.00 bits per heavy atom. The molecule has 2 aromatic carbocycles. The fraction of sp³-hybridized carbons (Fsp3) is 0.261. The third kappa shape index (κ3) is 4.39. The molecule has 0 saturated heterocycles. The summed E-state index contributed by atoms with van der Waals surface area (Å²) in [5.41, 5.74) is 1.98. The van der Waals surface area contributed by atoms with Gasteiger partial charge in [-0.1, -0.05) is 6.07 Å². The molecule has 5 rings (SSSR count). The topological polar surface area (TPSA) is 89.7 Å². The molecule has 0 radical (unpaired) electrons. The van der Waals surface area contributed by atoms with Gasteiger partial charge in [0, 0.05) is 23.2 Å². The van der Waals surface area contributed by atoms with Gasteiger partial charge in [-0.3, -0.25) is 9.42 Å². The highest BCUT2D eigenvalue weighted by Gasteiger charge is 2.30. The molecule has 2 aliphatic rings. The van der Waals surface area contributed by atoms with Crippen molar-refractivity contribution in [1.29, 1.82) is 0 Å². The Balaban J connectivity index is 1.75. The molecule has 1 saturated carbocycles. The number of nitrogens with one attached hydrogen (secondary N) is 2. The number of hydrogen-bond donors (Lipinski definition) is 2. The molecule has 0 unspecified atom stereocenters. The zero-order valence-corrected chi connectivity index (χ0v) is 20.9. The van der Waals surface area contributed by atoms with Gasteiger partial charge in [-0.2, -0.15) is 5.06 Å². The molecule has 178 valence electrons. The van der Waals surface area contributed by atoms with E-state index in [-0.39, 0.29) is 17.6 Å². The lowest BCUT2D eigenvalue weighted by atomic mass is 10.2. The number of anilines is 2. The van der Waals surface area contributed by atoms with Crippen LogP contribution in [0.5, 0.6) is 0 Å². The molecule has 1 aliphatic heterocycles. The first-order chi connectivity index (χ1) is 16.3. The molecular weight excluding hydrogens is 556 g/mol. The summed E-state index contributed by atoms with van der Waals surface area (Å²) in [7, 11) is 1.71. The summed E-state index contributed by atoms with van der Waals surface area (Å²) in [5, 5.41) is 7.91. The molecule has 34 heavy (non-hydrogen) atoms. The first kappa shape index (κ1) is 22.4. The minimum atomic E-state index is -0.396. The molecule has 1 aliphatic carbocycles. The van der Waals surface area contributed by atoms with E-state index in [4.69, 9.17) is 14.0 Å². The number of aromatic nitrogens is 2. The lowest BCUT2D eigenvalue weighted by Gasteiger charge is -2.27. The fourth-order valence-electron chi connectivity index (χ4n) is 3.63. The van der Waals surface area contributed by atoms with Crippen LogP contribution in [0.3, 0.4) is 0 Å². The van der Waals surface area contributed by atoms with Crippen molar-refractivity contribution in [3.05, 3.63) is 62.6 Å². The van der Waals surface area contributed by atoms with Gasteiger partial charge in [0.1, 0.15) is 11.9 Å². The Kier molecular flexibility index (Phi) is 5.80. The molecule has 1 amide bonds. The summed E-state index contributed by atoms with van der Waals surface area (Å²) in [6.07, 6.45) is 1.85. The average Bonchev–Trinajstić information content (AvgIpc) is 3.62. The van der Waals surface area contributed by atoms with E-state index in [0.717, 1.165) is 16.4 Å². The SMILES string of the molecule is CC(=O)Nc1cccc(-n2on(C3CC3)oc3c2=C(C)ON(C)C=3Nc2ccc(I)cc2F)c1. The monoisotopic (exact) mass is 579 g/mol. The van der Waals surface area contributed by atoms with Gasteiger partial charge in [0.05, 0.1) is 11.4 Å². The maximum atomic E-state index is 14.7. The molecule has 2 N–H and O–H groups in total. The minimum Gasteiger partial charge on any atom is -0.381 e. The number of hydroxylamine groups is 2. The van der Waals surface area contributed by atoms with E-state index in [9.17, 15) is 9.18 Å². The van der Waals surface area contributed by atoms with Crippen molar-refractivity contribution in [3.63, 3.8) is 0 Å². The first-order valence-electron chi connectivity index (χ1n) is 10.7. The summed E-state index contributed by atoms with van der Waals surface area (Å²) in [6, 6.07) is 12.3. The molecule has 3 aromatic rings. The summed E-state index contributed by atoms with van der Waals surface area (Å²) in [5.74, 6) is 0.362. The minimum absolute atomic E-state index is 0.0832. The maximum Gasteiger partial charge on any atom is 0.233 e. The number of benzene rings is 2. The van der Waals surface area contributed by atoms with E-state index in [1.807, 2.05) is 18.2 Å². The van der Waals surface area contributed by atoms with Crippen LogP contribution < -0.4 is 21.4 Å². The zero-order chi connectivity index (χ0) is 24.0. The number of amides is 1. The van der Waals surface area contributed by atoms with Crippen molar-refractivity contribution >= 4 is 51.5 Å². The van der Waals surface area contributed by atoms with Gasteiger partial charge in [-0.15, -0.1) is 4.74 Å². The summed E-state index contributed by atoms with van der Waals surface area (Å²) < 4.78 is 29.3. The Hall–Kier alpha value is -3.35. The Morgan fingerprint density at radius 3 is 2.71 bits per heavy atom. The van der Waals surface area contributed by atoms with E-state index in [0.29, 0.717) is 33.7 Å². The highest BCUT2D eigenvalue weighted by Crippen LogP contribution is 2.34. The van der Waals surface area contributed by atoms with Crippen LogP contribution in [0.15, 0.2) is 51.6 Å². The van der Waals surface area contributed by atoms with Gasteiger partial charge in [-0.05, 0) is 83.7 Å². The van der Waals surface area contributed by atoms with Gasteiger partial charge in [0.25, 0.3) is 0 Å². The molecule has 0 spiro atoms. The standard InChI is InChI=1S/C23H23FIN5O4/c1-13-21-22(23(28(3)32-13)27-20-10-7-15(25)11-19(20)24)33-30(17-8-9-17)34-29(21)18-6-4-5-16(12-18)26-14(2)31/h4-7,10-12,17,27H,8-9H2,1-3H3,(H,26,31). The second-order valence-corrected chi connectivity index (χ2v) is 9.38. The van der Waals surface area contributed by atoms with Crippen LogP contribution in [0, 0.1) is 9.39 Å². The van der Waals surface area contributed by atoms with Gasteiger partial charge >= 0.3 is 0 Å². The summed E-state index contributed by atoms with van der Waals surface area (Å²) >= 11 is 2.06. The zero-order valence-electron chi connectivity index (χ0n) is 18.8. The molecular formula is C23H23FIN5O4. The molecule has 1 aromatic heterocycles. The van der Waals surface area contributed by atoms with Crippen LogP contribution in [-0.2, 0) is 9.63 Å². The normalized spacial score (nSPS) is 15.0. The number of halogens is 2. The smallest absolute Gasteiger partial charge is 0.233 e. The lowest BCUT2D eigenvalue weighted by Crippen LogP contribution is -2.48. The van der Waals surface area contributed by atoms with Crippen molar-refractivity contribution < 1.29 is 23.2 Å². The Bertz CT molecular complexity index is 1440. The van der Waals surface area contributed by atoms with E-state index >= 15 is 0 Å². The third-order valence-corrected chi connectivity index (χ3v) is 6.00. The number of rotatable bonds is 5. The summed E-state index contributed by atoms with van der Waals surface area (Å²) in [6.45, 7) is 3.24. The molecule has 9 nitrogen and oxygen atoms in total. The number of hydrogen-bond acceptors (Lipinski definition) is 6. The molecule has 1 fully saturated rings. The molecule has 0 atom stereocenters. The number of carbonyl (C=O) groups is 1. The quantitative estimate of drug-likeness (QED) is 0.448. The number of fused-ring (bicyclic) bond motifs is 1. The van der Waals surface area contributed by atoms with Crippen LogP contribution in [0.2, 0.25) is 0 Å². The van der Waals surface area contributed by atoms with Gasteiger partial charge in [-0.25, -0.2) is 4.39 Å². The van der Waals surface area contributed by atoms with Crippen LogP contribution >= 0.6 is 22.6 Å². The number of carbonyl (C=O) groups excluding carboxylic acids is 1. The van der Waals surface area contributed by atoms with E-state index < -0.39 is 5.82 Å². The predicted octanol–water partition coefficient (Wildman–Crippen LogP) is 3.81. The van der Waals surface area contributed by atoms with Crippen molar-refractivity contribution in [2.45, 2.75) is 32.7 Å². The average molecular weight is 579 g/mol. The van der Waals surface area contributed by atoms with E-state index in [2.05, 4.69) is 33.2 Å². The molecule has 0 bridgehead atoms. The first-order valence-corrected chi connectivity index (χ1v) is 11.8. The predicted molar refractivity (Wildman–Crippen MR) is 132 cm³/mol. The van der Waals surface area contributed by atoms with Crippen molar-refractivity contribution in [2.75, 3.05) is 17.7 Å². The van der Waals surface area contributed by atoms with Crippen molar-refractivity contribution in [3.8, 4) is 5.69 Å². The summed E-state index contributed by atoms with van der Waals surface area (Å²) in [4.78, 5) is 19.0. The van der Waals surface area contributed by atoms with E-state index in [1.165, 1.54) is 23.0 Å².